The number of hydrogen-bond acceptors (Lipinski definition) is 2. The van der Waals surface area contributed by atoms with E-state index in [9.17, 15) is 9.59 Å². The van der Waals surface area contributed by atoms with Gasteiger partial charge in [0, 0.05) is 31.4 Å². The van der Waals surface area contributed by atoms with Crippen LogP contribution >= 0.6 is 0 Å². The van der Waals surface area contributed by atoms with Gasteiger partial charge in [0.15, 0.2) is 0 Å². The monoisotopic (exact) mass is 308 g/mol. The summed E-state index contributed by atoms with van der Waals surface area (Å²) in [6, 6.07) is 17.3. The highest BCUT2D eigenvalue weighted by atomic mass is 16.2. The molecule has 1 heterocycles. The molecular formula is C19H20N2O2. The summed E-state index contributed by atoms with van der Waals surface area (Å²) in [5.41, 5.74) is 2.79. The zero-order valence-corrected chi connectivity index (χ0v) is 13.4. The van der Waals surface area contributed by atoms with Crippen LogP contribution in [0.3, 0.4) is 0 Å². The molecule has 118 valence electrons. The van der Waals surface area contributed by atoms with Crippen LogP contribution in [0.2, 0.25) is 0 Å². The van der Waals surface area contributed by atoms with E-state index in [-0.39, 0.29) is 24.2 Å². The number of amides is 2. The van der Waals surface area contributed by atoms with Gasteiger partial charge in [-0.15, -0.1) is 0 Å². The molecule has 0 radical (unpaired) electrons. The lowest BCUT2D eigenvalue weighted by Crippen LogP contribution is -2.34. The third kappa shape index (κ3) is 2.97. The maximum absolute atomic E-state index is 12.7. The first kappa shape index (κ1) is 15.3. The number of nitrogens with zero attached hydrogens (tertiary/aromatic N) is 2. The molecule has 1 unspecified atom stereocenters. The number of rotatable bonds is 3. The topological polar surface area (TPSA) is 40.6 Å². The van der Waals surface area contributed by atoms with Crippen LogP contribution in [0, 0.1) is 12.8 Å². The van der Waals surface area contributed by atoms with E-state index in [0.717, 1.165) is 16.9 Å². The molecule has 1 fully saturated rings. The number of benzene rings is 2. The minimum atomic E-state index is -0.299. The summed E-state index contributed by atoms with van der Waals surface area (Å²) in [5, 5.41) is 0. The predicted molar refractivity (Wildman–Crippen MR) is 91.5 cm³/mol. The van der Waals surface area contributed by atoms with Crippen molar-refractivity contribution in [3.05, 3.63) is 60.2 Å². The molecule has 4 heteroatoms. The molecule has 0 aromatic heterocycles. The summed E-state index contributed by atoms with van der Waals surface area (Å²) < 4.78 is 0. The van der Waals surface area contributed by atoms with E-state index in [2.05, 4.69) is 0 Å². The van der Waals surface area contributed by atoms with Gasteiger partial charge in [0.25, 0.3) is 0 Å². The highest BCUT2D eigenvalue weighted by molar-refractivity contribution is 6.04. The first-order chi connectivity index (χ1) is 11.1. The zero-order chi connectivity index (χ0) is 16.4. The Labute approximate surface area is 136 Å². The SMILES string of the molecule is Cc1ccccc1N1CC(C(=O)N(C)c2ccccc2)CC1=O. The number of anilines is 2. The van der Waals surface area contributed by atoms with Crippen molar-refractivity contribution in [1.82, 2.24) is 0 Å². The molecular weight excluding hydrogens is 288 g/mol. The van der Waals surface area contributed by atoms with Crippen LogP contribution in [-0.4, -0.2) is 25.4 Å². The molecule has 2 aromatic carbocycles. The number of hydrogen-bond donors (Lipinski definition) is 0. The lowest BCUT2D eigenvalue weighted by atomic mass is 10.1. The van der Waals surface area contributed by atoms with Gasteiger partial charge in [-0.2, -0.15) is 0 Å². The summed E-state index contributed by atoms with van der Waals surface area (Å²) >= 11 is 0. The molecule has 1 atom stereocenters. The summed E-state index contributed by atoms with van der Waals surface area (Å²) in [7, 11) is 1.76. The van der Waals surface area contributed by atoms with Crippen molar-refractivity contribution >= 4 is 23.2 Å². The summed E-state index contributed by atoms with van der Waals surface area (Å²) in [6.07, 6.45) is 0.268. The summed E-state index contributed by atoms with van der Waals surface area (Å²) in [4.78, 5) is 28.4. The molecule has 2 aromatic rings. The highest BCUT2D eigenvalue weighted by Crippen LogP contribution is 2.29. The molecule has 0 saturated carbocycles. The van der Waals surface area contributed by atoms with Crippen molar-refractivity contribution < 1.29 is 9.59 Å². The first-order valence-electron chi connectivity index (χ1n) is 7.76. The quantitative estimate of drug-likeness (QED) is 0.874. The van der Waals surface area contributed by atoms with Gasteiger partial charge >= 0.3 is 0 Å². The minimum Gasteiger partial charge on any atom is -0.315 e. The Morgan fingerprint density at radius 2 is 1.74 bits per heavy atom. The third-order valence-electron chi connectivity index (χ3n) is 4.35. The van der Waals surface area contributed by atoms with Gasteiger partial charge in [0.2, 0.25) is 11.8 Å². The first-order valence-corrected chi connectivity index (χ1v) is 7.76. The number of carbonyl (C=O) groups excluding carboxylic acids is 2. The van der Waals surface area contributed by atoms with Gasteiger partial charge in [-0.3, -0.25) is 9.59 Å². The fourth-order valence-corrected chi connectivity index (χ4v) is 3.02. The van der Waals surface area contributed by atoms with Crippen molar-refractivity contribution in [1.29, 1.82) is 0 Å². The largest absolute Gasteiger partial charge is 0.315 e. The average molecular weight is 308 g/mol. The molecule has 1 saturated heterocycles. The fourth-order valence-electron chi connectivity index (χ4n) is 3.02. The van der Waals surface area contributed by atoms with Crippen LogP contribution in [-0.2, 0) is 9.59 Å². The Kier molecular flexibility index (Phi) is 4.15. The van der Waals surface area contributed by atoms with E-state index in [4.69, 9.17) is 0 Å². The van der Waals surface area contributed by atoms with Crippen LogP contribution < -0.4 is 9.80 Å². The Bertz CT molecular complexity index is 727. The molecule has 0 aliphatic carbocycles. The molecule has 1 aliphatic heterocycles. The predicted octanol–water partition coefficient (Wildman–Crippen LogP) is 3.01. The van der Waals surface area contributed by atoms with Crippen LogP contribution in [0.25, 0.3) is 0 Å². The maximum Gasteiger partial charge on any atom is 0.232 e. The van der Waals surface area contributed by atoms with Gasteiger partial charge in [0.1, 0.15) is 0 Å². The van der Waals surface area contributed by atoms with Crippen molar-refractivity contribution in [2.24, 2.45) is 5.92 Å². The van der Waals surface area contributed by atoms with Crippen LogP contribution in [0.5, 0.6) is 0 Å². The Morgan fingerprint density at radius 3 is 2.43 bits per heavy atom. The number of aryl methyl sites for hydroxylation is 1. The number of carbonyl (C=O) groups is 2. The van der Waals surface area contributed by atoms with E-state index in [1.54, 1.807) is 16.8 Å². The van der Waals surface area contributed by atoms with E-state index in [1.165, 1.54) is 0 Å². The second-order valence-corrected chi connectivity index (χ2v) is 5.92. The molecule has 2 amide bonds. The standard InChI is InChI=1S/C19H20N2O2/c1-14-8-6-7-11-17(14)21-13-15(12-18(21)22)19(23)20(2)16-9-4-3-5-10-16/h3-11,15H,12-13H2,1-2H3. The van der Waals surface area contributed by atoms with E-state index >= 15 is 0 Å². The van der Waals surface area contributed by atoms with E-state index < -0.39 is 0 Å². The van der Waals surface area contributed by atoms with Crippen molar-refractivity contribution in [3.8, 4) is 0 Å². The molecule has 4 nitrogen and oxygen atoms in total. The lowest BCUT2D eigenvalue weighted by molar-refractivity contribution is -0.124. The smallest absolute Gasteiger partial charge is 0.232 e. The normalized spacial score (nSPS) is 17.4. The van der Waals surface area contributed by atoms with Crippen LogP contribution in [0.1, 0.15) is 12.0 Å². The van der Waals surface area contributed by atoms with Crippen molar-refractivity contribution in [2.45, 2.75) is 13.3 Å². The van der Waals surface area contributed by atoms with Gasteiger partial charge in [-0.25, -0.2) is 0 Å². The Hall–Kier alpha value is -2.62. The highest BCUT2D eigenvalue weighted by Gasteiger charge is 2.37. The fraction of sp³-hybridized carbons (Fsp3) is 0.263. The second kappa shape index (κ2) is 6.24. The Morgan fingerprint density at radius 1 is 1.09 bits per heavy atom. The third-order valence-corrected chi connectivity index (χ3v) is 4.35. The zero-order valence-electron chi connectivity index (χ0n) is 13.4. The van der Waals surface area contributed by atoms with Crippen molar-refractivity contribution in [2.75, 3.05) is 23.4 Å². The number of para-hydroxylation sites is 2. The van der Waals surface area contributed by atoms with Gasteiger partial charge in [0.05, 0.1) is 5.92 Å². The summed E-state index contributed by atoms with van der Waals surface area (Å²) in [5.74, 6) is -0.299. The van der Waals surface area contributed by atoms with Gasteiger partial charge < -0.3 is 9.80 Å². The van der Waals surface area contributed by atoms with E-state index in [1.807, 2.05) is 61.5 Å². The van der Waals surface area contributed by atoms with Crippen LogP contribution in [0.15, 0.2) is 54.6 Å². The average Bonchev–Trinajstić information content (AvgIpc) is 2.96. The molecule has 0 N–H and O–H groups in total. The molecule has 23 heavy (non-hydrogen) atoms. The molecule has 1 aliphatic rings. The van der Waals surface area contributed by atoms with Gasteiger partial charge in [-0.1, -0.05) is 36.4 Å². The van der Waals surface area contributed by atoms with E-state index in [0.29, 0.717) is 6.54 Å². The summed E-state index contributed by atoms with van der Waals surface area (Å²) in [6.45, 7) is 2.42. The molecule has 3 rings (SSSR count). The molecule has 0 bridgehead atoms. The Balaban J connectivity index is 1.77. The van der Waals surface area contributed by atoms with Crippen LogP contribution in [0.4, 0.5) is 11.4 Å². The maximum atomic E-state index is 12.7. The minimum absolute atomic E-state index is 0.0131. The van der Waals surface area contributed by atoms with Gasteiger partial charge in [-0.05, 0) is 30.7 Å². The van der Waals surface area contributed by atoms with Crippen molar-refractivity contribution in [3.63, 3.8) is 0 Å². The lowest BCUT2D eigenvalue weighted by Gasteiger charge is -2.22. The molecule has 0 spiro atoms. The second-order valence-electron chi connectivity index (χ2n) is 5.92.